The maximum absolute atomic E-state index is 12.6. The minimum atomic E-state index is -3.44. The van der Waals surface area contributed by atoms with Gasteiger partial charge in [-0.3, -0.25) is 0 Å². The van der Waals surface area contributed by atoms with Gasteiger partial charge in [0.05, 0.1) is 32.1 Å². The summed E-state index contributed by atoms with van der Waals surface area (Å²) in [7, 11) is 1.09. The highest BCUT2D eigenvalue weighted by Crippen LogP contribution is 2.23. The van der Waals surface area contributed by atoms with Crippen molar-refractivity contribution in [2.75, 3.05) is 33.7 Å². The third kappa shape index (κ3) is 15.4. The largest absolute Gasteiger partial charge is 0.328 e. The fourth-order valence-corrected chi connectivity index (χ4v) is 5.85. The molecule has 5 heteroatoms. The van der Waals surface area contributed by atoms with E-state index in [1.165, 1.54) is 96.4 Å². The van der Waals surface area contributed by atoms with Crippen LogP contribution in [0.3, 0.4) is 0 Å². The molecular formula is C31H59N2O2S+. The Bertz CT molecular complexity index is 780. The molecule has 36 heavy (non-hydrogen) atoms. The molecule has 4 nitrogen and oxygen atoms in total. The third-order valence-electron chi connectivity index (χ3n) is 7.38. The van der Waals surface area contributed by atoms with Crippen molar-refractivity contribution in [1.82, 2.24) is 4.72 Å². The molecule has 0 aromatic heterocycles. The van der Waals surface area contributed by atoms with E-state index in [0.29, 0.717) is 11.4 Å². The Hall–Kier alpha value is -0.910. The van der Waals surface area contributed by atoms with E-state index in [-0.39, 0.29) is 5.41 Å². The zero-order valence-corrected chi connectivity index (χ0v) is 25.5. The molecule has 1 rings (SSSR count). The van der Waals surface area contributed by atoms with Gasteiger partial charge in [-0.05, 0) is 36.0 Å². The third-order valence-corrected chi connectivity index (χ3v) is 8.86. The molecule has 0 saturated heterocycles. The van der Waals surface area contributed by atoms with E-state index in [1.54, 1.807) is 12.1 Å². The van der Waals surface area contributed by atoms with Crippen LogP contribution in [0.2, 0.25) is 0 Å². The number of benzene rings is 1. The predicted octanol–water partition coefficient (Wildman–Crippen LogP) is 8.21. The Balaban J connectivity index is 2.08. The van der Waals surface area contributed by atoms with Crippen LogP contribution in [0.5, 0.6) is 0 Å². The topological polar surface area (TPSA) is 46.2 Å². The van der Waals surface area contributed by atoms with E-state index in [2.05, 4.69) is 46.5 Å². The zero-order chi connectivity index (χ0) is 26.9. The summed E-state index contributed by atoms with van der Waals surface area (Å²) in [5.74, 6) is 0. The quantitative estimate of drug-likeness (QED) is 0.130. The summed E-state index contributed by atoms with van der Waals surface area (Å²) in [5.41, 5.74) is 1.16. The van der Waals surface area contributed by atoms with E-state index >= 15 is 0 Å². The Morgan fingerprint density at radius 3 is 1.53 bits per heavy atom. The first-order valence-electron chi connectivity index (χ1n) is 14.9. The molecule has 1 aromatic rings. The summed E-state index contributed by atoms with van der Waals surface area (Å²) >= 11 is 0. The first-order valence-corrected chi connectivity index (χ1v) is 16.4. The van der Waals surface area contributed by atoms with Crippen LogP contribution in [-0.4, -0.2) is 46.6 Å². The number of nitrogens with zero attached hydrogens (tertiary/aromatic N) is 1. The second kappa shape index (κ2) is 17.6. The summed E-state index contributed by atoms with van der Waals surface area (Å²) in [4.78, 5) is 0.353. The van der Waals surface area contributed by atoms with Gasteiger partial charge in [0.2, 0.25) is 10.0 Å². The van der Waals surface area contributed by atoms with Gasteiger partial charge in [0.25, 0.3) is 0 Å². The van der Waals surface area contributed by atoms with Gasteiger partial charge in [-0.25, -0.2) is 13.1 Å². The summed E-state index contributed by atoms with van der Waals surface area (Å²) in [6.45, 7) is 11.3. The molecule has 1 aromatic carbocycles. The van der Waals surface area contributed by atoms with E-state index in [0.717, 1.165) is 23.0 Å². The van der Waals surface area contributed by atoms with Crippen molar-refractivity contribution in [3.05, 3.63) is 29.8 Å². The summed E-state index contributed by atoms with van der Waals surface area (Å²) in [5, 5.41) is 0. The van der Waals surface area contributed by atoms with Crippen molar-refractivity contribution in [3.63, 3.8) is 0 Å². The number of hydrogen-bond donors (Lipinski definition) is 1. The zero-order valence-electron chi connectivity index (χ0n) is 24.7. The molecule has 0 spiro atoms. The molecule has 0 saturated carbocycles. The second-order valence-corrected chi connectivity index (χ2v) is 14.3. The fourth-order valence-electron chi connectivity index (χ4n) is 4.78. The highest BCUT2D eigenvalue weighted by atomic mass is 32.2. The molecule has 0 amide bonds. The Kier molecular flexibility index (Phi) is 16.2. The number of hydrogen-bond acceptors (Lipinski definition) is 2. The minimum Gasteiger partial charge on any atom is -0.328 e. The molecule has 0 heterocycles. The predicted molar refractivity (Wildman–Crippen MR) is 157 cm³/mol. The van der Waals surface area contributed by atoms with E-state index in [4.69, 9.17) is 0 Å². The molecule has 1 N–H and O–H groups in total. The van der Waals surface area contributed by atoms with Crippen LogP contribution in [0.1, 0.15) is 130 Å². The van der Waals surface area contributed by atoms with Gasteiger partial charge in [-0.1, -0.05) is 117 Å². The van der Waals surface area contributed by atoms with Gasteiger partial charge in [-0.15, -0.1) is 0 Å². The van der Waals surface area contributed by atoms with Gasteiger partial charge >= 0.3 is 0 Å². The van der Waals surface area contributed by atoms with Crippen molar-refractivity contribution in [1.29, 1.82) is 0 Å². The molecule has 0 bridgehead atoms. The molecule has 0 fully saturated rings. The lowest BCUT2D eigenvalue weighted by Gasteiger charge is -2.30. The minimum absolute atomic E-state index is 0.0200. The monoisotopic (exact) mass is 523 g/mol. The molecule has 0 atom stereocenters. The smallest absolute Gasteiger partial charge is 0.240 e. The lowest BCUT2D eigenvalue weighted by atomic mass is 9.87. The van der Waals surface area contributed by atoms with Gasteiger partial charge < -0.3 is 4.48 Å². The number of quaternary nitrogens is 1. The van der Waals surface area contributed by atoms with Crippen molar-refractivity contribution in [3.8, 4) is 0 Å². The molecule has 0 aliphatic carbocycles. The van der Waals surface area contributed by atoms with Crippen LogP contribution < -0.4 is 4.72 Å². The van der Waals surface area contributed by atoms with Gasteiger partial charge in [0.1, 0.15) is 0 Å². The van der Waals surface area contributed by atoms with Crippen LogP contribution >= 0.6 is 0 Å². The van der Waals surface area contributed by atoms with E-state index in [9.17, 15) is 8.42 Å². The highest BCUT2D eigenvalue weighted by Gasteiger charge is 2.18. The summed E-state index contributed by atoms with van der Waals surface area (Å²) in [6.07, 6.45) is 20.3. The second-order valence-electron chi connectivity index (χ2n) is 12.5. The molecule has 0 aliphatic rings. The van der Waals surface area contributed by atoms with Crippen LogP contribution in [0.4, 0.5) is 0 Å². The van der Waals surface area contributed by atoms with Crippen LogP contribution in [0, 0.1) is 0 Å². The number of sulfonamides is 1. The van der Waals surface area contributed by atoms with E-state index in [1.807, 2.05) is 12.1 Å². The van der Waals surface area contributed by atoms with E-state index < -0.39 is 10.0 Å². The van der Waals surface area contributed by atoms with Crippen molar-refractivity contribution in [2.24, 2.45) is 0 Å². The average Bonchev–Trinajstić information content (AvgIpc) is 2.81. The van der Waals surface area contributed by atoms with Gasteiger partial charge in [0, 0.05) is 13.0 Å². The maximum atomic E-state index is 12.6. The number of rotatable bonds is 21. The van der Waals surface area contributed by atoms with Crippen LogP contribution in [0.25, 0.3) is 0 Å². The molecule has 0 aliphatic heterocycles. The standard InChI is InChI=1S/C31H59N2O2S/c1-7-8-9-10-11-12-13-14-15-16-17-18-19-20-27-33(5,6)28-21-26-32-36(34,35)30-24-22-29(23-25-30)31(2,3)4/h22-25,32H,7-21,26-28H2,1-6H3/q+1. The van der Waals surface area contributed by atoms with Crippen molar-refractivity contribution in [2.45, 2.75) is 134 Å². The molecule has 0 unspecified atom stereocenters. The highest BCUT2D eigenvalue weighted by molar-refractivity contribution is 7.89. The number of unbranched alkanes of at least 4 members (excludes halogenated alkanes) is 13. The van der Waals surface area contributed by atoms with Crippen molar-refractivity contribution >= 4 is 10.0 Å². The molecular weight excluding hydrogens is 464 g/mol. The average molecular weight is 524 g/mol. The molecule has 210 valence electrons. The Morgan fingerprint density at radius 1 is 0.667 bits per heavy atom. The number of nitrogens with one attached hydrogen (secondary N) is 1. The van der Waals surface area contributed by atoms with Gasteiger partial charge in [0.15, 0.2) is 0 Å². The van der Waals surface area contributed by atoms with Crippen LogP contribution in [0.15, 0.2) is 29.2 Å². The van der Waals surface area contributed by atoms with Gasteiger partial charge in [-0.2, -0.15) is 0 Å². The SMILES string of the molecule is CCCCCCCCCCCCCCCC[N+](C)(C)CCCNS(=O)(=O)c1ccc(C(C)(C)C)cc1. The maximum Gasteiger partial charge on any atom is 0.240 e. The first-order chi connectivity index (χ1) is 17.0. The Morgan fingerprint density at radius 2 is 1.08 bits per heavy atom. The van der Waals surface area contributed by atoms with Crippen LogP contribution in [-0.2, 0) is 15.4 Å². The summed E-state index contributed by atoms with van der Waals surface area (Å²) < 4.78 is 29.0. The summed E-state index contributed by atoms with van der Waals surface area (Å²) in [6, 6.07) is 7.28. The lowest BCUT2D eigenvalue weighted by Crippen LogP contribution is -2.42. The first kappa shape index (κ1) is 33.1. The normalized spacial score (nSPS) is 12.8. The fraction of sp³-hybridized carbons (Fsp3) is 0.806. The molecule has 0 radical (unpaired) electrons. The van der Waals surface area contributed by atoms with Crippen molar-refractivity contribution < 1.29 is 12.9 Å². The lowest BCUT2D eigenvalue weighted by molar-refractivity contribution is -0.890. The Labute approximate surface area is 225 Å².